The number of carbonyl (C=O) groups is 2. The molecule has 0 saturated carbocycles. The summed E-state index contributed by atoms with van der Waals surface area (Å²) in [7, 11) is 3.02. The van der Waals surface area contributed by atoms with E-state index >= 15 is 0 Å². The molecule has 0 radical (unpaired) electrons. The molecule has 7 heteroatoms. The number of carbonyl (C=O) groups excluding carboxylic acids is 2. The summed E-state index contributed by atoms with van der Waals surface area (Å²) in [6, 6.07) is 6.24. The summed E-state index contributed by atoms with van der Waals surface area (Å²) in [5, 5.41) is 0. The van der Waals surface area contributed by atoms with Crippen LogP contribution in [0.1, 0.15) is 32.3 Å². The first-order valence-corrected chi connectivity index (χ1v) is 9.08. The lowest BCUT2D eigenvalue weighted by Crippen LogP contribution is -2.51. The van der Waals surface area contributed by atoms with Crippen LogP contribution in [0, 0.1) is 11.8 Å². The monoisotopic (exact) mass is 384 g/mol. The second-order valence-corrected chi connectivity index (χ2v) is 7.71. The quantitative estimate of drug-likeness (QED) is 0.782. The molecule has 1 saturated heterocycles. The zero-order valence-corrected chi connectivity index (χ0v) is 16.3. The molecule has 0 aliphatic carbocycles. The number of hydrogen-bond donors (Lipinski definition) is 0. The van der Waals surface area contributed by atoms with Crippen LogP contribution in [0.5, 0.6) is 0 Å². The van der Waals surface area contributed by atoms with Crippen LogP contribution in [-0.2, 0) is 9.59 Å². The van der Waals surface area contributed by atoms with Crippen molar-refractivity contribution in [3.8, 4) is 0 Å². The molecule has 1 fully saturated rings. The highest BCUT2D eigenvalue weighted by Crippen LogP contribution is 2.48. The third kappa shape index (κ3) is 4.34. The average Bonchev–Trinajstić information content (AvgIpc) is 2.87. The minimum atomic E-state index is -4.61. The molecule has 27 heavy (non-hydrogen) atoms. The van der Waals surface area contributed by atoms with Crippen molar-refractivity contribution in [2.45, 2.75) is 44.9 Å². The van der Waals surface area contributed by atoms with Crippen molar-refractivity contribution in [3.05, 3.63) is 35.9 Å². The Labute approximate surface area is 158 Å². The van der Waals surface area contributed by atoms with Gasteiger partial charge >= 0.3 is 6.18 Å². The van der Waals surface area contributed by atoms with Crippen LogP contribution >= 0.6 is 0 Å². The Kier molecular flexibility index (Phi) is 6.35. The van der Waals surface area contributed by atoms with Crippen LogP contribution in [-0.4, -0.2) is 60.4 Å². The van der Waals surface area contributed by atoms with Gasteiger partial charge in [0.15, 0.2) is 0 Å². The van der Waals surface area contributed by atoms with Crippen LogP contribution in [0.2, 0.25) is 0 Å². The van der Waals surface area contributed by atoms with Crippen molar-refractivity contribution in [2.24, 2.45) is 11.8 Å². The van der Waals surface area contributed by atoms with Crippen molar-refractivity contribution in [3.63, 3.8) is 0 Å². The Balaban J connectivity index is 2.57. The molecule has 1 aromatic rings. The van der Waals surface area contributed by atoms with Crippen molar-refractivity contribution in [1.82, 2.24) is 9.80 Å². The van der Waals surface area contributed by atoms with Gasteiger partial charge in [-0.25, -0.2) is 0 Å². The first-order chi connectivity index (χ1) is 12.5. The van der Waals surface area contributed by atoms with Gasteiger partial charge in [0, 0.05) is 32.0 Å². The topological polar surface area (TPSA) is 40.6 Å². The number of Topliss-reactive ketones (excluding diaryl/α,β-unsaturated/α-hetero) is 1. The number of nitrogens with zero attached hydrogens (tertiary/aromatic N) is 2. The fourth-order valence-electron chi connectivity index (χ4n) is 3.97. The van der Waals surface area contributed by atoms with Gasteiger partial charge in [0.05, 0.1) is 12.5 Å². The van der Waals surface area contributed by atoms with Gasteiger partial charge in [0.25, 0.3) is 0 Å². The Morgan fingerprint density at radius 1 is 1.15 bits per heavy atom. The molecule has 0 aromatic heterocycles. The highest BCUT2D eigenvalue weighted by Gasteiger charge is 2.61. The van der Waals surface area contributed by atoms with Crippen LogP contribution in [0.4, 0.5) is 13.2 Å². The van der Waals surface area contributed by atoms with E-state index < -0.39 is 47.7 Å². The van der Waals surface area contributed by atoms with Crippen molar-refractivity contribution in [1.29, 1.82) is 0 Å². The number of ketones is 1. The maximum absolute atomic E-state index is 14.1. The summed E-state index contributed by atoms with van der Waals surface area (Å²) in [6.45, 7) is 4.54. The Hall–Kier alpha value is -1.89. The second kappa shape index (κ2) is 8.00. The maximum atomic E-state index is 14.1. The van der Waals surface area contributed by atoms with Gasteiger partial charge in [-0.15, -0.1) is 0 Å². The largest absolute Gasteiger partial charge is 0.404 e. The Bertz CT molecular complexity index is 674. The fourth-order valence-corrected chi connectivity index (χ4v) is 3.97. The second-order valence-electron chi connectivity index (χ2n) is 7.71. The maximum Gasteiger partial charge on any atom is 0.404 e. The Morgan fingerprint density at radius 3 is 2.15 bits per heavy atom. The number of likely N-dealkylation sites (tertiary alicyclic amines) is 1. The summed E-state index contributed by atoms with van der Waals surface area (Å²) in [5.74, 6) is -3.22. The average molecular weight is 384 g/mol. The SMILES string of the molecule is CC(C)C(=O)C1C(c2ccccc2)C(C)N(CC(=O)N(C)C)C1C(F)(F)F. The predicted octanol–water partition coefficient (Wildman–Crippen LogP) is 3.33. The molecule has 2 rings (SSSR count). The molecular weight excluding hydrogens is 357 g/mol. The molecule has 1 amide bonds. The molecule has 0 bridgehead atoms. The zero-order chi connectivity index (χ0) is 20.5. The van der Waals surface area contributed by atoms with Gasteiger partial charge in [-0.05, 0) is 12.5 Å². The van der Waals surface area contributed by atoms with E-state index in [2.05, 4.69) is 0 Å². The molecule has 1 aliphatic heterocycles. The number of likely N-dealkylation sites (N-methyl/N-ethyl adjacent to an activating group) is 1. The lowest BCUT2D eigenvalue weighted by Gasteiger charge is -2.32. The first-order valence-electron chi connectivity index (χ1n) is 9.08. The highest BCUT2D eigenvalue weighted by molar-refractivity contribution is 5.85. The minimum Gasteiger partial charge on any atom is -0.348 e. The molecule has 4 nitrogen and oxygen atoms in total. The molecular formula is C20H27F3N2O2. The number of hydrogen-bond acceptors (Lipinski definition) is 3. The van der Waals surface area contributed by atoms with Gasteiger partial charge in [0.1, 0.15) is 11.8 Å². The third-order valence-corrected chi connectivity index (χ3v) is 5.36. The van der Waals surface area contributed by atoms with E-state index in [0.29, 0.717) is 5.56 Å². The van der Waals surface area contributed by atoms with Crippen LogP contribution < -0.4 is 0 Å². The van der Waals surface area contributed by atoms with Crippen LogP contribution in [0.3, 0.4) is 0 Å². The minimum absolute atomic E-state index is 0.371. The van der Waals surface area contributed by atoms with Gasteiger partial charge in [0.2, 0.25) is 5.91 Å². The normalized spacial score (nSPS) is 26.4. The van der Waals surface area contributed by atoms with E-state index in [1.165, 1.54) is 19.0 Å². The standard InChI is InChI=1S/C20H27F3N2O2/c1-12(2)18(27)17-16(14-9-7-6-8-10-14)13(3)25(11-15(26)24(4)5)19(17)20(21,22)23/h6-10,12-13,16-17,19H,11H2,1-5H3. The Morgan fingerprint density at radius 2 is 1.70 bits per heavy atom. The van der Waals surface area contributed by atoms with E-state index in [1.807, 2.05) is 0 Å². The highest BCUT2D eigenvalue weighted by atomic mass is 19.4. The number of benzene rings is 1. The molecule has 1 aliphatic rings. The molecule has 1 aromatic carbocycles. The number of alkyl halides is 3. The van der Waals surface area contributed by atoms with Crippen molar-refractivity contribution < 1.29 is 22.8 Å². The summed E-state index contributed by atoms with van der Waals surface area (Å²) in [4.78, 5) is 27.5. The fraction of sp³-hybridized carbons (Fsp3) is 0.600. The number of amides is 1. The summed E-state index contributed by atoms with van der Waals surface area (Å²) < 4.78 is 42.2. The van der Waals surface area contributed by atoms with Gasteiger partial charge in [-0.1, -0.05) is 44.2 Å². The van der Waals surface area contributed by atoms with Crippen molar-refractivity contribution >= 4 is 11.7 Å². The molecule has 150 valence electrons. The molecule has 0 spiro atoms. The summed E-state index contributed by atoms with van der Waals surface area (Å²) >= 11 is 0. The number of rotatable bonds is 5. The number of halogens is 3. The van der Waals surface area contributed by atoms with Crippen LogP contribution in [0.15, 0.2) is 30.3 Å². The van der Waals surface area contributed by atoms with Gasteiger partial charge in [-0.3, -0.25) is 14.5 Å². The predicted molar refractivity (Wildman–Crippen MR) is 97.2 cm³/mol. The van der Waals surface area contributed by atoms with E-state index in [-0.39, 0.29) is 6.54 Å². The summed E-state index contributed by atoms with van der Waals surface area (Å²) in [5.41, 5.74) is 0.693. The smallest absolute Gasteiger partial charge is 0.348 e. The molecule has 0 N–H and O–H groups in total. The van der Waals surface area contributed by atoms with E-state index in [9.17, 15) is 22.8 Å². The van der Waals surface area contributed by atoms with Gasteiger partial charge in [-0.2, -0.15) is 13.2 Å². The van der Waals surface area contributed by atoms with Crippen molar-refractivity contribution in [2.75, 3.05) is 20.6 Å². The van der Waals surface area contributed by atoms with E-state index in [4.69, 9.17) is 0 Å². The molecule has 4 atom stereocenters. The lowest BCUT2D eigenvalue weighted by atomic mass is 9.77. The third-order valence-electron chi connectivity index (χ3n) is 5.36. The first kappa shape index (κ1) is 21.4. The zero-order valence-electron chi connectivity index (χ0n) is 16.3. The summed E-state index contributed by atoms with van der Waals surface area (Å²) in [6.07, 6.45) is -4.61. The van der Waals surface area contributed by atoms with E-state index in [0.717, 1.165) is 4.90 Å². The van der Waals surface area contributed by atoms with Gasteiger partial charge < -0.3 is 4.90 Å². The lowest BCUT2D eigenvalue weighted by molar-refractivity contribution is -0.191. The molecule has 4 unspecified atom stereocenters. The molecule has 1 heterocycles. The van der Waals surface area contributed by atoms with E-state index in [1.54, 1.807) is 51.1 Å². The van der Waals surface area contributed by atoms with Crippen LogP contribution in [0.25, 0.3) is 0 Å².